The molecule has 3 heterocycles. The monoisotopic (exact) mass is 641 g/mol. The maximum absolute atomic E-state index is 12.7. The molecule has 0 spiro atoms. The van der Waals surface area contributed by atoms with Gasteiger partial charge in [-0.2, -0.15) is 0 Å². The number of carboxylic acids is 1. The van der Waals surface area contributed by atoms with Gasteiger partial charge in [-0.25, -0.2) is 29.3 Å². The van der Waals surface area contributed by atoms with Crippen LogP contribution in [-0.4, -0.2) is 72.6 Å². The summed E-state index contributed by atoms with van der Waals surface area (Å²) >= 11 is 6.68. The largest absolute Gasteiger partial charge is 0.479 e. The molecule has 0 radical (unpaired) electrons. The first-order chi connectivity index (χ1) is 21.0. The summed E-state index contributed by atoms with van der Waals surface area (Å²) in [5, 5.41) is 16.1. The van der Waals surface area contributed by atoms with E-state index in [2.05, 4.69) is 25.6 Å². The predicted molar refractivity (Wildman–Crippen MR) is 169 cm³/mol. The number of alkyl carbamates (subject to hydrolysis) is 1. The normalized spacial score (nSPS) is 18.9. The minimum absolute atomic E-state index is 0.0236. The van der Waals surface area contributed by atoms with Crippen molar-refractivity contribution >= 4 is 52.4 Å². The van der Waals surface area contributed by atoms with Crippen LogP contribution in [-0.2, 0) is 20.8 Å². The molecule has 3 N–H and O–H groups in total. The van der Waals surface area contributed by atoms with Crippen molar-refractivity contribution in [2.24, 2.45) is 0 Å². The van der Waals surface area contributed by atoms with Gasteiger partial charge in [-0.3, -0.25) is 5.32 Å². The summed E-state index contributed by atoms with van der Waals surface area (Å²) in [6, 6.07) is 3.82. The Kier molecular flexibility index (Phi) is 8.60. The fraction of sp³-hybridized carbons (Fsp3) is 0.548. The summed E-state index contributed by atoms with van der Waals surface area (Å²) in [6.45, 7) is 11.2. The molecule has 2 aliphatic rings. The Morgan fingerprint density at radius 3 is 2.36 bits per heavy atom. The number of halogens is 1. The van der Waals surface area contributed by atoms with Crippen LogP contribution in [0.4, 0.5) is 21.1 Å². The molecule has 2 amide bonds. The summed E-state index contributed by atoms with van der Waals surface area (Å²) in [6.07, 6.45) is 4.87. The Hall–Kier alpha value is -4.13. The zero-order valence-corrected chi connectivity index (χ0v) is 27.2. The Balaban J connectivity index is 1.49. The molecule has 1 atom stereocenters. The lowest BCUT2D eigenvalue weighted by Crippen LogP contribution is -2.57. The van der Waals surface area contributed by atoms with Gasteiger partial charge in [-0.15, -0.1) is 0 Å². The van der Waals surface area contributed by atoms with E-state index in [1.54, 1.807) is 47.9 Å². The van der Waals surface area contributed by atoms with Gasteiger partial charge in [-0.1, -0.05) is 18.0 Å². The summed E-state index contributed by atoms with van der Waals surface area (Å²) in [4.78, 5) is 52.9. The van der Waals surface area contributed by atoms with E-state index in [4.69, 9.17) is 21.1 Å². The predicted octanol–water partition coefficient (Wildman–Crippen LogP) is 5.70. The third-order valence-corrected chi connectivity index (χ3v) is 8.10. The van der Waals surface area contributed by atoms with Crippen LogP contribution in [0, 0.1) is 0 Å². The van der Waals surface area contributed by atoms with Crippen molar-refractivity contribution in [3.63, 3.8) is 0 Å². The Bertz CT molecular complexity index is 1620. The zero-order valence-electron chi connectivity index (χ0n) is 26.4. The van der Waals surface area contributed by atoms with Gasteiger partial charge in [-0.05, 0) is 83.6 Å². The average Bonchev–Trinajstić information content (AvgIpc) is 3.48. The number of aliphatic carboxylic acids is 1. The van der Waals surface area contributed by atoms with E-state index in [0.29, 0.717) is 35.2 Å². The number of fused-ring (bicyclic) bond motifs is 1. The number of carbonyl (C=O) groups is 3. The highest BCUT2D eigenvalue weighted by atomic mass is 35.5. The van der Waals surface area contributed by atoms with Crippen molar-refractivity contribution in [3.05, 3.63) is 40.9 Å². The molecule has 2 fully saturated rings. The van der Waals surface area contributed by atoms with E-state index >= 15 is 0 Å². The molecule has 2 aromatic heterocycles. The van der Waals surface area contributed by atoms with Gasteiger partial charge in [0.05, 0.1) is 19.4 Å². The van der Waals surface area contributed by atoms with E-state index in [0.717, 1.165) is 36.1 Å². The van der Waals surface area contributed by atoms with Crippen LogP contribution in [0.5, 0.6) is 0 Å². The maximum atomic E-state index is 12.7. The number of ether oxygens (including phenoxy) is 2. The van der Waals surface area contributed by atoms with Gasteiger partial charge < -0.3 is 29.4 Å². The molecule has 5 rings (SSSR count). The number of carbonyl (C=O) groups excluding carboxylic acids is 2. The van der Waals surface area contributed by atoms with E-state index < -0.39 is 34.9 Å². The van der Waals surface area contributed by atoms with Gasteiger partial charge in [0.1, 0.15) is 17.5 Å². The molecule has 1 saturated carbocycles. The molecule has 3 aromatic rings. The fourth-order valence-electron chi connectivity index (χ4n) is 5.68. The summed E-state index contributed by atoms with van der Waals surface area (Å²) < 4.78 is 12.6. The number of nitrogens with one attached hydrogen (secondary N) is 2. The van der Waals surface area contributed by atoms with Crippen LogP contribution in [0.3, 0.4) is 0 Å². The van der Waals surface area contributed by atoms with Crippen molar-refractivity contribution in [3.8, 4) is 0 Å². The standard InChI is InChI=1S/C31H40ClN7O6/c1-29(2,3)44-27(42)36-24-23-25(34-16-33-24)39(17-35-23)14-21-20(18-8-7-9-18)12-19(32)13-22(21)38-11-10-31(15-38,26(40)41)37-28(43)45-30(4,5)6/h12-13,16-18H,7-11,14-15H2,1-6H3,(H,37,43)(H,40,41)(H,33,34,36,42)/t31-/m1/s1. The number of carboxylic acid groups (broad SMARTS) is 1. The van der Waals surface area contributed by atoms with Crippen molar-refractivity contribution in [2.75, 3.05) is 23.3 Å². The van der Waals surface area contributed by atoms with Gasteiger partial charge in [0.25, 0.3) is 0 Å². The summed E-state index contributed by atoms with van der Waals surface area (Å²) in [7, 11) is 0. The van der Waals surface area contributed by atoms with E-state index in [9.17, 15) is 19.5 Å². The Morgan fingerprint density at radius 1 is 1.04 bits per heavy atom. The first-order valence-electron chi connectivity index (χ1n) is 15.0. The second-order valence-electron chi connectivity index (χ2n) is 13.7. The number of rotatable bonds is 7. The lowest BCUT2D eigenvalue weighted by molar-refractivity contribution is -0.143. The van der Waals surface area contributed by atoms with Crippen LogP contribution in [0.1, 0.15) is 84.3 Å². The summed E-state index contributed by atoms with van der Waals surface area (Å²) in [5.74, 6) is -0.610. The van der Waals surface area contributed by atoms with Crippen LogP contribution in [0.25, 0.3) is 11.2 Å². The number of nitrogens with zero attached hydrogens (tertiary/aromatic N) is 5. The molecule has 1 aliphatic heterocycles. The molecule has 13 nitrogen and oxygen atoms in total. The van der Waals surface area contributed by atoms with Crippen LogP contribution in [0.2, 0.25) is 5.02 Å². The van der Waals surface area contributed by atoms with Gasteiger partial charge in [0, 0.05) is 23.7 Å². The third-order valence-electron chi connectivity index (χ3n) is 7.88. The molecule has 242 valence electrons. The lowest BCUT2D eigenvalue weighted by atomic mass is 9.77. The first kappa shape index (κ1) is 32.3. The third kappa shape index (κ3) is 7.24. The molecule has 0 bridgehead atoms. The molecular formula is C31H40ClN7O6. The van der Waals surface area contributed by atoms with Gasteiger partial charge in [0.2, 0.25) is 0 Å². The molecule has 45 heavy (non-hydrogen) atoms. The molecule has 1 aromatic carbocycles. The maximum Gasteiger partial charge on any atom is 0.413 e. The number of benzene rings is 1. The lowest BCUT2D eigenvalue weighted by Gasteiger charge is -2.33. The number of hydrogen-bond acceptors (Lipinski definition) is 9. The number of aromatic nitrogens is 4. The highest BCUT2D eigenvalue weighted by Gasteiger charge is 2.48. The van der Waals surface area contributed by atoms with Crippen molar-refractivity contribution in [1.82, 2.24) is 24.8 Å². The Morgan fingerprint density at radius 2 is 1.73 bits per heavy atom. The van der Waals surface area contributed by atoms with Gasteiger partial charge in [0.15, 0.2) is 22.5 Å². The molecule has 14 heteroatoms. The molecular weight excluding hydrogens is 602 g/mol. The topological polar surface area (TPSA) is 161 Å². The highest BCUT2D eigenvalue weighted by Crippen LogP contribution is 2.44. The highest BCUT2D eigenvalue weighted by molar-refractivity contribution is 6.31. The summed E-state index contributed by atoms with van der Waals surface area (Å²) in [5.41, 5.74) is 0.716. The SMILES string of the molecule is CC(C)(C)OC(=O)Nc1ncnc2c1ncn2Cc1c(C2CCC2)cc(Cl)cc1N1CC[C@](NC(=O)OC(C)(C)C)(C(=O)O)C1. The second kappa shape index (κ2) is 12.0. The van der Waals surface area contributed by atoms with E-state index in [1.165, 1.54) is 6.33 Å². The number of hydrogen-bond donors (Lipinski definition) is 3. The second-order valence-corrected chi connectivity index (χ2v) is 14.1. The van der Waals surface area contributed by atoms with Crippen molar-refractivity contribution < 1.29 is 29.0 Å². The number of amides is 2. The van der Waals surface area contributed by atoms with Crippen LogP contribution >= 0.6 is 11.6 Å². The van der Waals surface area contributed by atoms with Crippen LogP contribution in [0.15, 0.2) is 24.8 Å². The smallest absolute Gasteiger partial charge is 0.413 e. The average molecular weight is 642 g/mol. The molecule has 0 unspecified atom stereocenters. The van der Waals surface area contributed by atoms with Crippen LogP contribution < -0.4 is 15.5 Å². The van der Waals surface area contributed by atoms with Crippen molar-refractivity contribution in [1.29, 1.82) is 0 Å². The quantitative estimate of drug-likeness (QED) is 0.292. The zero-order chi connectivity index (χ0) is 32.7. The minimum Gasteiger partial charge on any atom is -0.479 e. The molecule has 1 saturated heterocycles. The van der Waals surface area contributed by atoms with E-state index in [1.807, 2.05) is 21.6 Å². The fourth-order valence-corrected chi connectivity index (χ4v) is 5.90. The van der Waals surface area contributed by atoms with Gasteiger partial charge >= 0.3 is 18.2 Å². The first-order valence-corrected chi connectivity index (χ1v) is 15.4. The van der Waals surface area contributed by atoms with Crippen molar-refractivity contribution in [2.45, 2.75) is 96.4 Å². The Labute approximate surface area is 266 Å². The number of anilines is 2. The number of imidazole rings is 1. The van der Waals surface area contributed by atoms with E-state index in [-0.39, 0.29) is 18.8 Å². The minimum atomic E-state index is -1.55. The molecule has 1 aliphatic carbocycles.